The normalized spacial score (nSPS) is 10.8. The fourth-order valence-electron chi connectivity index (χ4n) is 1.78. The minimum absolute atomic E-state index is 0.750. The van der Waals surface area contributed by atoms with Crippen LogP contribution in [-0.2, 0) is 0 Å². The van der Waals surface area contributed by atoms with E-state index in [0.717, 1.165) is 28.0 Å². The number of benzene rings is 1. The van der Waals surface area contributed by atoms with Crippen molar-refractivity contribution in [1.29, 1.82) is 0 Å². The van der Waals surface area contributed by atoms with Crippen LogP contribution in [0, 0.1) is 0 Å². The van der Waals surface area contributed by atoms with Gasteiger partial charge in [-0.05, 0) is 18.2 Å². The van der Waals surface area contributed by atoms with Gasteiger partial charge in [-0.25, -0.2) is 4.98 Å². The zero-order chi connectivity index (χ0) is 11.0. The van der Waals surface area contributed by atoms with Crippen LogP contribution in [0.2, 0.25) is 0 Å². The molecule has 1 aromatic carbocycles. The van der Waals surface area contributed by atoms with E-state index in [-0.39, 0.29) is 0 Å². The molecule has 0 aliphatic carbocycles. The van der Waals surface area contributed by atoms with Crippen LogP contribution in [0.5, 0.6) is 5.75 Å². The van der Waals surface area contributed by atoms with Crippen molar-refractivity contribution >= 4 is 10.9 Å². The molecule has 2 heterocycles. The average molecular weight is 214 g/mol. The van der Waals surface area contributed by atoms with Crippen molar-refractivity contribution in [3.05, 3.63) is 37.0 Å². The maximum atomic E-state index is 5.29. The standard InChI is InChI=1S/C12H10N2O2/c1-15-8-2-3-11-9(4-8)10(5-14-11)12-6-13-7-16-12/h2-7,14H,1H3. The molecule has 0 bridgehead atoms. The maximum absolute atomic E-state index is 5.29. The third-order valence-electron chi connectivity index (χ3n) is 2.59. The van der Waals surface area contributed by atoms with Crippen molar-refractivity contribution < 1.29 is 9.15 Å². The average Bonchev–Trinajstić information content (AvgIpc) is 2.96. The van der Waals surface area contributed by atoms with Crippen molar-refractivity contribution in [2.75, 3.05) is 7.11 Å². The van der Waals surface area contributed by atoms with Crippen molar-refractivity contribution in [2.24, 2.45) is 0 Å². The monoisotopic (exact) mass is 214 g/mol. The van der Waals surface area contributed by atoms with Gasteiger partial charge in [-0.1, -0.05) is 0 Å². The van der Waals surface area contributed by atoms with Crippen LogP contribution in [0.4, 0.5) is 0 Å². The Morgan fingerprint density at radius 1 is 1.38 bits per heavy atom. The van der Waals surface area contributed by atoms with Crippen molar-refractivity contribution in [3.8, 4) is 17.1 Å². The van der Waals surface area contributed by atoms with Gasteiger partial charge in [0.1, 0.15) is 5.75 Å². The minimum atomic E-state index is 0.750. The molecule has 1 N–H and O–H groups in total. The van der Waals surface area contributed by atoms with E-state index in [9.17, 15) is 0 Å². The summed E-state index contributed by atoms with van der Waals surface area (Å²) in [4.78, 5) is 7.10. The number of H-pyrrole nitrogens is 1. The molecule has 3 rings (SSSR count). The molecule has 80 valence electrons. The summed E-state index contributed by atoms with van der Waals surface area (Å²) in [6, 6.07) is 5.88. The molecule has 0 saturated carbocycles. The Bertz CT molecular complexity index is 611. The molecule has 2 aromatic heterocycles. The summed E-state index contributed by atoms with van der Waals surface area (Å²) in [5.41, 5.74) is 2.04. The van der Waals surface area contributed by atoms with E-state index in [1.165, 1.54) is 6.39 Å². The van der Waals surface area contributed by atoms with Gasteiger partial charge in [0, 0.05) is 22.7 Å². The Hall–Kier alpha value is -2.23. The number of hydrogen-bond acceptors (Lipinski definition) is 3. The lowest BCUT2D eigenvalue weighted by Gasteiger charge is -1.99. The van der Waals surface area contributed by atoms with Crippen LogP contribution in [0.1, 0.15) is 0 Å². The molecule has 0 unspecified atom stereocenters. The highest BCUT2D eigenvalue weighted by molar-refractivity contribution is 5.94. The van der Waals surface area contributed by atoms with Gasteiger partial charge in [0.25, 0.3) is 0 Å². The number of nitrogens with zero attached hydrogens (tertiary/aromatic N) is 1. The number of rotatable bonds is 2. The van der Waals surface area contributed by atoms with Gasteiger partial charge in [0.2, 0.25) is 0 Å². The molecule has 0 spiro atoms. The molecule has 0 saturated heterocycles. The molecule has 0 fully saturated rings. The Labute approximate surface area is 91.9 Å². The van der Waals surface area contributed by atoms with Crippen molar-refractivity contribution in [1.82, 2.24) is 9.97 Å². The number of oxazole rings is 1. The number of aromatic nitrogens is 2. The molecule has 0 aliphatic heterocycles. The van der Waals surface area contributed by atoms with Crippen LogP contribution >= 0.6 is 0 Å². The first-order chi connectivity index (χ1) is 7.88. The highest BCUT2D eigenvalue weighted by Crippen LogP contribution is 2.30. The number of fused-ring (bicyclic) bond motifs is 1. The number of aromatic amines is 1. The minimum Gasteiger partial charge on any atom is -0.497 e. The predicted octanol–water partition coefficient (Wildman–Crippen LogP) is 2.83. The molecule has 4 heteroatoms. The highest BCUT2D eigenvalue weighted by Gasteiger charge is 2.09. The topological polar surface area (TPSA) is 51.0 Å². The van der Waals surface area contributed by atoms with E-state index in [4.69, 9.17) is 9.15 Å². The predicted molar refractivity (Wildman–Crippen MR) is 60.3 cm³/mol. The summed E-state index contributed by atoms with van der Waals surface area (Å²) in [6.07, 6.45) is 5.03. The summed E-state index contributed by atoms with van der Waals surface area (Å²) in [6.45, 7) is 0. The lowest BCUT2D eigenvalue weighted by molar-refractivity contribution is 0.415. The zero-order valence-corrected chi connectivity index (χ0v) is 8.73. The quantitative estimate of drug-likeness (QED) is 0.713. The molecule has 3 aromatic rings. The fraction of sp³-hybridized carbons (Fsp3) is 0.0833. The SMILES string of the molecule is COc1ccc2[nH]cc(-c3cnco3)c2c1. The largest absolute Gasteiger partial charge is 0.497 e. The fourth-order valence-corrected chi connectivity index (χ4v) is 1.78. The Kier molecular flexibility index (Phi) is 1.93. The first kappa shape index (κ1) is 9.03. The van der Waals surface area contributed by atoms with E-state index >= 15 is 0 Å². The highest BCUT2D eigenvalue weighted by atomic mass is 16.5. The van der Waals surface area contributed by atoms with E-state index in [1.807, 2.05) is 24.4 Å². The summed E-state index contributed by atoms with van der Waals surface area (Å²) >= 11 is 0. The smallest absolute Gasteiger partial charge is 0.181 e. The number of ether oxygens (including phenoxy) is 1. The second kappa shape index (κ2) is 3.41. The van der Waals surface area contributed by atoms with Crippen LogP contribution in [0.25, 0.3) is 22.2 Å². The first-order valence-corrected chi connectivity index (χ1v) is 4.92. The first-order valence-electron chi connectivity index (χ1n) is 4.92. The van der Waals surface area contributed by atoms with Gasteiger partial charge in [-0.3, -0.25) is 0 Å². The summed E-state index contributed by atoms with van der Waals surface area (Å²) in [7, 11) is 1.65. The van der Waals surface area contributed by atoms with Gasteiger partial charge in [0.05, 0.1) is 13.3 Å². The molecular formula is C12H10N2O2. The van der Waals surface area contributed by atoms with Crippen molar-refractivity contribution in [2.45, 2.75) is 0 Å². The van der Waals surface area contributed by atoms with Gasteiger partial charge in [-0.2, -0.15) is 0 Å². The van der Waals surface area contributed by atoms with Gasteiger partial charge >= 0.3 is 0 Å². The molecule has 0 aliphatic rings. The summed E-state index contributed by atoms with van der Waals surface area (Å²) in [5, 5.41) is 1.07. The Morgan fingerprint density at radius 2 is 2.31 bits per heavy atom. The second-order valence-corrected chi connectivity index (χ2v) is 3.48. The molecule has 0 amide bonds. The van der Waals surface area contributed by atoms with E-state index in [1.54, 1.807) is 13.3 Å². The number of methoxy groups -OCH3 is 1. The van der Waals surface area contributed by atoms with Gasteiger partial charge in [0.15, 0.2) is 12.2 Å². The van der Waals surface area contributed by atoms with E-state index < -0.39 is 0 Å². The van der Waals surface area contributed by atoms with E-state index in [2.05, 4.69) is 9.97 Å². The lowest BCUT2D eigenvalue weighted by Crippen LogP contribution is -1.81. The van der Waals surface area contributed by atoms with Gasteiger partial charge in [-0.15, -0.1) is 0 Å². The maximum Gasteiger partial charge on any atom is 0.181 e. The summed E-state index contributed by atoms with van der Waals surface area (Å²) < 4.78 is 10.5. The Morgan fingerprint density at radius 3 is 3.06 bits per heavy atom. The number of nitrogens with one attached hydrogen (secondary N) is 1. The summed E-state index contributed by atoms with van der Waals surface area (Å²) in [5.74, 6) is 1.58. The van der Waals surface area contributed by atoms with Crippen LogP contribution in [-0.4, -0.2) is 17.1 Å². The van der Waals surface area contributed by atoms with Crippen LogP contribution in [0.3, 0.4) is 0 Å². The molecule has 16 heavy (non-hydrogen) atoms. The van der Waals surface area contributed by atoms with E-state index in [0.29, 0.717) is 0 Å². The molecule has 4 nitrogen and oxygen atoms in total. The molecular weight excluding hydrogens is 204 g/mol. The van der Waals surface area contributed by atoms with Gasteiger partial charge < -0.3 is 14.1 Å². The van der Waals surface area contributed by atoms with Crippen molar-refractivity contribution in [3.63, 3.8) is 0 Å². The van der Waals surface area contributed by atoms with Crippen LogP contribution in [0.15, 0.2) is 41.4 Å². The zero-order valence-electron chi connectivity index (χ0n) is 8.73. The second-order valence-electron chi connectivity index (χ2n) is 3.48. The third kappa shape index (κ3) is 1.27. The van der Waals surface area contributed by atoms with Crippen LogP contribution < -0.4 is 4.74 Å². The number of hydrogen-bond donors (Lipinski definition) is 1. The third-order valence-corrected chi connectivity index (χ3v) is 2.59. The molecule has 0 atom stereocenters. The Balaban J connectivity index is 2.25. The molecule has 0 radical (unpaired) electrons. The lowest BCUT2D eigenvalue weighted by atomic mass is 10.1.